The summed E-state index contributed by atoms with van der Waals surface area (Å²) < 4.78 is 51.1. The van der Waals surface area contributed by atoms with Crippen LogP contribution in [0.25, 0.3) is 11.0 Å². The summed E-state index contributed by atoms with van der Waals surface area (Å²) in [5, 5.41) is 29.2. The molecule has 32 heavy (non-hydrogen) atoms. The predicted octanol–water partition coefficient (Wildman–Crippen LogP) is -1.25. The molecule has 0 aromatic carbocycles. The van der Waals surface area contributed by atoms with E-state index >= 15 is 0 Å². The van der Waals surface area contributed by atoms with E-state index < -0.39 is 53.5 Å². The molecule has 4 unspecified atom stereocenters. The minimum Gasteiger partial charge on any atom is -0.411 e. The van der Waals surface area contributed by atoms with Gasteiger partial charge in [0.05, 0.1) is 12.7 Å². The standard InChI is InChI=1S/C10H11N6O13P3/c11-3-6-8-9(16(18)13-6)10(17)15(14-12-8)7-2-1-5(27-7)4-26-31(22,23)29-32(24,25)28-30(19,20)21/h1-2,5,7,18H,4H2,(H,22,23)(H,24,25)(H2,19,20,21). The molecule has 1 fully saturated rings. The summed E-state index contributed by atoms with van der Waals surface area (Å²) in [5.74, 6) is 0. The molecule has 1 aliphatic heterocycles. The van der Waals surface area contributed by atoms with Crippen LogP contribution < -0.4 is 5.56 Å². The van der Waals surface area contributed by atoms with E-state index in [-0.39, 0.29) is 16.1 Å². The summed E-state index contributed by atoms with van der Waals surface area (Å²) in [6, 6.07) is 1.62. The Morgan fingerprint density at radius 2 is 1.84 bits per heavy atom. The molecule has 19 nitrogen and oxygen atoms in total. The van der Waals surface area contributed by atoms with E-state index in [1.807, 2.05) is 0 Å². The monoisotopic (exact) mass is 516 g/mol. The minimum absolute atomic E-state index is 0.146. The number of phosphoric ester groups is 1. The summed E-state index contributed by atoms with van der Waals surface area (Å²) in [7, 11) is -16.6. The predicted molar refractivity (Wildman–Crippen MR) is 93.8 cm³/mol. The van der Waals surface area contributed by atoms with Crippen LogP contribution in [0.15, 0.2) is 4.79 Å². The van der Waals surface area contributed by atoms with Crippen LogP contribution in [0, 0.1) is 24.2 Å². The number of rotatable bonds is 8. The Kier molecular flexibility index (Phi) is 6.69. The van der Waals surface area contributed by atoms with Crippen LogP contribution in [-0.2, 0) is 31.6 Å². The quantitative estimate of drug-likeness (QED) is 0.202. The zero-order valence-corrected chi connectivity index (χ0v) is 17.7. The highest BCUT2D eigenvalue weighted by molar-refractivity contribution is 7.66. The Balaban J connectivity index is 1.66. The molecule has 2 radical (unpaired) electrons. The second-order valence-corrected chi connectivity index (χ2v) is 10.1. The molecular weight excluding hydrogens is 505 g/mol. The largest absolute Gasteiger partial charge is 0.490 e. The fourth-order valence-corrected chi connectivity index (χ4v) is 5.39. The first kappa shape index (κ1) is 24.6. The van der Waals surface area contributed by atoms with Gasteiger partial charge in [-0.2, -0.15) is 18.6 Å². The number of aromatic nitrogens is 5. The van der Waals surface area contributed by atoms with Crippen molar-refractivity contribution in [3.63, 3.8) is 0 Å². The van der Waals surface area contributed by atoms with Gasteiger partial charge in [-0.3, -0.25) is 9.32 Å². The molecule has 2 aromatic heterocycles. The van der Waals surface area contributed by atoms with Gasteiger partial charge in [-0.05, 0) is 0 Å². The normalized spacial score (nSPS) is 23.0. The van der Waals surface area contributed by atoms with Gasteiger partial charge in [-0.25, -0.2) is 13.7 Å². The third-order valence-electron chi connectivity index (χ3n) is 3.46. The lowest BCUT2D eigenvalue weighted by Crippen LogP contribution is -2.30. The van der Waals surface area contributed by atoms with Gasteiger partial charge in [0.2, 0.25) is 0 Å². The van der Waals surface area contributed by atoms with Crippen LogP contribution in [0.5, 0.6) is 0 Å². The molecule has 0 bridgehead atoms. The van der Waals surface area contributed by atoms with E-state index in [9.17, 15) is 28.6 Å². The van der Waals surface area contributed by atoms with Crippen LogP contribution in [0.1, 0.15) is 11.9 Å². The van der Waals surface area contributed by atoms with Gasteiger partial charge in [-0.15, -0.1) is 10.2 Å². The Bertz CT molecular complexity index is 1280. The van der Waals surface area contributed by atoms with E-state index in [0.29, 0.717) is 4.68 Å². The number of hydrogen-bond donors (Lipinski definition) is 5. The van der Waals surface area contributed by atoms with Crippen molar-refractivity contribution in [2.45, 2.75) is 12.3 Å². The Labute approximate surface area is 175 Å². The summed E-state index contributed by atoms with van der Waals surface area (Å²) in [4.78, 5) is 48.1. The second kappa shape index (κ2) is 8.71. The van der Waals surface area contributed by atoms with Crippen molar-refractivity contribution in [2.75, 3.05) is 6.61 Å². The highest BCUT2D eigenvalue weighted by Gasteiger charge is 2.41. The molecule has 0 saturated carbocycles. The third-order valence-corrected chi connectivity index (χ3v) is 7.27. The molecule has 0 aliphatic carbocycles. The second-order valence-electron chi connectivity index (χ2n) is 5.72. The molecule has 0 spiro atoms. The minimum atomic E-state index is -5.67. The zero-order chi connectivity index (χ0) is 23.9. The van der Waals surface area contributed by atoms with Crippen molar-refractivity contribution in [1.82, 2.24) is 24.9 Å². The third kappa shape index (κ3) is 5.64. The molecule has 2 aromatic rings. The maximum Gasteiger partial charge on any atom is 0.490 e. The van der Waals surface area contributed by atoms with Gasteiger partial charge in [0.25, 0.3) is 0 Å². The first-order chi connectivity index (χ1) is 14.7. The number of ether oxygens (including phenoxy) is 1. The van der Waals surface area contributed by atoms with Crippen molar-refractivity contribution >= 4 is 34.5 Å². The molecule has 3 rings (SSSR count). The molecule has 5 N–H and O–H groups in total. The summed E-state index contributed by atoms with van der Waals surface area (Å²) in [6.07, 6.45) is 0.109. The van der Waals surface area contributed by atoms with Crippen molar-refractivity contribution in [3.05, 3.63) is 28.9 Å². The van der Waals surface area contributed by atoms with Crippen molar-refractivity contribution in [3.8, 4) is 6.07 Å². The summed E-state index contributed by atoms with van der Waals surface area (Å²) in [5.41, 5.74) is -2.03. The average Bonchev–Trinajstić information content (AvgIpc) is 3.22. The molecule has 1 aliphatic rings. The maximum atomic E-state index is 12.5. The number of phosphoric acid groups is 3. The van der Waals surface area contributed by atoms with E-state index in [0.717, 1.165) is 0 Å². The molecule has 0 amide bonds. The van der Waals surface area contributed by atoms with Crippen molar-refractivity contribution in [1.29, 1.82) is 5.26 Å². The van der Waals surface area contributed by atoms with Gasteiger partial charge < -0.3 is 29.5 Å². The van der Waals surface area contributed by atoms with Crippen LogP contribution in [0.4, 0.5) is 0 Å². The van der Waals surface area contributed by atoms with E-state index in [1.165, 1.54) is 12.8 Å². The molecule has 22 heteroatoms. The van der Waals surface area contributed by atoms with Gasteiger partial charge in [0, 0.05) is 12.8 Å². The Morgan fingerprint density at radius 3 is 2.47 bits per heavy atom. The zero-order valence-electron chi connectivity index (χ0n) is 15.0. The fraction of sp³-hybridized carbons (Fsp3) is 0.300. The van der Waals surface area contributed by atoms with Gasteiger partial charge in [0.15, 0.2) is 23.0 Å². The van der Waals surface area contributed by atoms with E-state index in [2.05, 4.69) is 28.6 Å². The SMILES string of the molecule is N#Cc1nn(O)c2c(=O)n(C3[CH][CH]C(COP(=O)(O)OP(=O)(O)OP(=O)(O)O)O3)nnc12. The number of nitrogens with zero attached hydrogens (tertiary/aromatic N) is 6. The van der Waals surface area contributed by atoms with Crippen LogP contribution in [0.2, 0.25) is 0 Å². The van der Waals surface area contributed by atoms with E-state index in [4.69, 9.17) is 24.7 Å². The summed E-state index contributed by atoms with van der Waals surface area (Å²) in [6.45, 7) is -0.794. The molecular formula is C10H11N6O13P3. The molecule has 174 valence electrons. The summed E-state index contributed by atoms with van der Waals surface area (Å²) >= 11 is 0. The molecule has 3 heterocycles. The Hall–Kier alpha value is -2.06. The van der Waals surface area contributed by atoms with E-state index in [1.54, 1.807) is 6.07 Å². The van der Waals surface area contributed by atoms with Crippen LogP contribution in [-0.4, -0.2) is 62.4 Å². The van der Waals surface area contributed by atoms with Gasteiger partial charge >= 0.3 is 29.0 Å². The van der Waals surface area contributed by atoms with Gasteiger partial charge in [-0.1, -0.05) is 10.1 Å². The first-order valence-corrected chi connectivity index (χ1v) is 12.3. The lowest BCUT2D eigenvalue weighted by atomic mass is 10.2. The lowest BCUT2D eigenvalue weighted by Gasteiger charge is -2.18. The highest BCUT2D eigenvalue weighted by atomic mass is 31.3. The fourth-order valence-electron chi connectivity index (χ4n) is 2.36. The van der Waals surface area contributed by atoms with Crippen molar-refractivity contribution < 1.29 is 56.4 Å². The highest BCUT2D eigenvalue weighted by Crippen LogP contribution is 2.66. The van der Waals surface area contributed by atoms with Crippen molar-refractivity contribution in [2.24, 2.45) is 0 Å². The smallest absolute Gasteiger partial charge is 0.411 e. The van der Waals surface area contributed by atoms with Crippen LogP contribution in [0.3, 0.4) is 0 Å². The number of nitriles is 1. The van der Waals surface area contributed by atoms with Crippen LogP contribution >= 0.6 is 23.5 Å². The Morgan fingerprint density at radius 1 is 1.16 bits per heavy atom. The lowest BCUT2D eigenvalue weighted by molar-refractivity contribution is -0.0169. The molecule has 4 atom stereocenters. The molecule has 1 saturated heterocycles. The maximum absolute atomic E-state index is 12.5. The first-order valence-electron chi connectivity index (χ1n) is 7.81. The number of fused-ring (bicyclic) bond motifs is 1. The topological polar surface area (TPSA) is 279 Å². The number of hydrogen-bond acceptors (Lipinski definition) is 13. The average molecular weight is 516 g/mol. The van der Waals surface area contributed by atoms with Gasteiger partial charge in [0.1, 0.15) is 6.07 Å².